The van der Waals surface area contributed by atoms with E-state index in [0.717, 1.165) is 4.31 Å². The number of halogens is 2. The lowest BCUT2D eigenvalue weighted by Gasteiger charge is -2.24. The Labute approximate surface area is 162 Å². The summed E-state index contributed by atoms with van der Waals surface area (Å²) < 4.78 is 37.0. The van der Waals surface area contributed by atoms with Crippen molar-refractivity contribution in [3.63, 3.8) is 0 Å². The molecule has 0 saturated heterocycles. The van der Waals surface area contributed by atoms with Crippen LogP contribution in [0.25, 0.3) is 0 Å². The molecule has 0 heterocycles. The first-order valence-corrected chi connectivity index (χ1v) is 9.76. The Kier molecular flexibility index (Phi) is 6.75. The van der Waals surface area contributed by atoms with E-state index in [1.54, 1.807) is 6.92 Å². The summed E-state index contributed by atoms with van der Waals surface area (Å²) in [5.74, 6) is -0.299. The number of anilines is 1. The Hall–Kier alpha value is -1.96. The van der Waals surface area contributed by atoms with Crippen LogP contribution in [-0.4, -0.2) is 34.6 Å². The fourth-order valence-electron chi connectivity index (χ4n) is 2.18. The molecule has 2 aromatic carbocycles. The van der Waals surface area contributed by atoms with E-state index >= 15 is 0 Å². The average Bonchev–Trinajstić information content (AvgIpc) is 2.60. The van der Waals surface area contributed by atoms with Gasteiger partial charge in [0, 0.05) is 5.02 Å². The first kappa shape index (κ1) is 20.4. The number of benzene rings is 2. The topological polar surface area (TPSA) is 72.9 Å². The van der Waals surface area contributed by atoms with E-state index in [0.29, 0.717) is 10.8 Å². The molecule has 9 heteroatoms. The SMILES string of the molecule is CCOC(=O)CN(c1ccc(OC)c(Cl)c1)S(=O)(=O)c1ccc(Cl)cc1. The van der Waals surface area contributed by atoms with Gasteiger partial charge in [-0.25, -0.2) is 8.42 Å². The maximum absolute atomic E-state index is 13.1. The number of ether oxygens (including phenoxy) is 2. The Bertz CT molecular complexity index is 885. The van der Waals surface area contributed by atoms with Crippen LogP contribution >= 0.6 is 23.2 Å². The summed E-state index contributed by atoms with van der Waals surface area (Å²) in [6.45, 7) is 1.28. The van der Waals surface area contributed by atoms with Crippen molar-refractivity contribution in [1.29, 1.82) is 0 Å². The molecule has 0 aliphatic rings. The Balaban J connectivity index is 2.51. The fourth-order valence-corrected chi connectivity index (χ4v) is 3.96. The number of sulfonamides is 1. The van der Waals surface area contributed by atoms with Crippen LogP contribution in [0.5, 0.6) is 5.75 Å². The lowest BCUT2D eigenvalue weighted by Crippen LogP contribution is -2.36. The molecule has 26 heavy (non-hydrogen) atoms. The van der Waals surface area contributed by atoms with Crippen LogP contribution in [0.3, 0.4) is 0 Å². The number of methoxy groups -OCH3 is 1. The largest absolute Gasteiger partial charge is 0.495 e. The first-order chi connectivity index (χ1) is 12.3. The molecule has 0 unspecified atom stereocenters. The summed E-state index contributed by atoms with van der Waals surface area (Å²) in [7, 11) is -2.60. The predicted molar refractivity (Wildman–Crippen MR) is 101 cm³/mol. The molecule has 0 spiro atoms. The van der Waals surface area contributed by atoms with E-state index in [-0.39, 0.29) is 22.2 Å². The molecule has 0 N–H and O–H groups in total. The van der Waals surface area contributed by atoms with Gasteiger partial charge in [-0.1, -0.05) is 23.2 Å². The molecule has 0 amide bonds. The predicted octanol–water partition coefficient (Wildman–Crippen LogP) is 3.76. The minimum absolute atomic E-state index is 0.0156. The van der Waals surface area contributed by atoms with E-state index in [4.69, 9.17) is 32.7 Å². The van der Waals surface area contributed by atoms with Crippen LogP contribution in [0.15, 0.2) is 47.4 Å². The van der Waals surface area contributed by atoms with Gasteiger partial charge in [0.05, 0.1) is 29.3 Å². The third-order valence-corrected chi connectivity index (χ3v) is 5.74. The molecule has 0 aromatic heterocycles. The zero-order valence-electron chi connectivity index (χ0n) is 14.1. The molecular formula is C17H17Cl2NO5S. The van der Waals surface area contributed by atoms with E-state index in [1.807, 2.05) is 0 Å². The normalized spacial score (nSPS) is 11.1. The molecule has 0 saturated carbocycles. The number of nitrogens with zero attached hydrogens (tertiary/aromatic N) is 1. The summed E-state index contributed by atoms with van der Waals surface area (Å²) in [4.78, 5) is 11.9. The smallest absolute Gasteiger partial charge is 0.326 e. The highest BCUT2D eigenvalue weighted by molar-refractivity contribution is 7.92. The molecule has 0 bridgehead atoms. The molecule has 2 rings (SSSR count). The van der Waals surface area contributed by atoms with Crippen molar-refractivity contribution >= 4 is 44.9 Å². The van der Waals surface area contributed by atoms with E-state index in [1.165, 1.54) is 49.6 Å². The Morgan fingerprint density at radius 1 is 1.12 bits per heavy atom. The van der Waals surface area contributed by atoms with Gasteiger partial charge in [-0.15, -0.1) is 0 Å². The minimum Gasteiger partial charge on any atom is -0.495 e. The molecule has 0 fully saturated rings. The maximum atomic E-state index is 13.1. The van der Waals surface area contributed by atoms with E-state index < -0.39 is 22.5 Å². The van der Waals surface area contributed by atoms with Crippen LogP contribution in [0, 0.1) is 0 Å². The number of hydrogen-bond donors (Lipinski definition) is 0. The fraction of sp³-hybridized carbons (Fsp3) is 0.235. The lowest BCUT2D eigenvalue weighted by molar-refractivity contribution is -0.141. The second-order valence-electron chi connectivity index (χ2n) is 5.09. The highest BCUT2D eigenvalue weighted by Gasteiger charge is 2.28. The number of carbonyl (C=O) groups is 1. The molecule has 6 nitrogen and oxygen atoms in total. The maximum Gasteiger partial charge on any atom is 0.326 e. The van der Waals surface area contributed by atoms with Gasteiger partial charge < -0.3 is 9.47 Å². The summed E-state index contributed by atoms with van der Waals surface area (Å²) in [6.07, 6.45) is 0. The molecule has 0 atom stereocenters. The number of esters is 1. The average molecular weight is 418 g/mol. The Morgan fingerprint density at radius 2 is 1.77 bits per heavy atom. The first-order valence-electron chi connectivity index (χ1n) is 7.57. The molecule has 140 valence electrons. The van der Waals surface area contributed by atoms with Crippen LogP contribution in [0.4, 0.5) is 5.69 Å². The summed E-state index contributed by atoms with van der Waals surface area (Å²) in [6, 6.07) is 10.1. The van der Waals surface area contributed by atoms with E-state index in [2.05, 4.69) is 0 Å². The van der Waals surface area contributed by atoms with Gasteiger partial charge in [-0.3, -0.25) is 9.10 Å². The summed E-state index contributed by atoms with van der Waals surface area (Å²) in [5.41, 5.74) is 0.207. The standard InChI is InChI=1S/C17H17Cl2NO5S/c1-3-25-17(21)11-20(13-6-9-16(24-2)15(19)10-13)26(22,23)14-7-4-12(18)5-8-14/h4-10H,3,11H2,1-2H3. The van der Waals surface area contributed by atoms with Crippen molar-refractivity contribution in [3.8, 4) is 5.75 Å². The summed E-state index contributed by atoms with van der Waals surface area (Å²) in [5, 5.41) is 0.610. The third-order valence-electron chi connectivity index (χ3n) is 3.40. The molecule has 2 aromatic rings. The number of carbonyl (C=O) groups excluding carboxylic acids is 1. The zero-order chi connectivity index (χ0) is 19.3. The quantitative estimate of drug-likeness (QED) is 0.641. The number of hydrogen-bond acceptors (Lipinski definition) is 5. The van der Waals surface area contributed by atoms with Gasteiger partial charge in [0.1, 0.15) is 12.3 Å². The monoisotopic (exact) mass is 417 g/mol. The number of rotatable bonds is 7. The minimum atomic E-state index is -4.05. The van der Waals surface area contributed by atoms with Crippen molar-refractivity contribution < 1.29 is 22.7 Å². The van der Waals surface area contributed by atoms with Crippen molar-refractivity contribution in [3.05, 3.63) is 52.5 Å². The van der Waals surface area contributed by atoms with Gasteiger partial charge >= 0.3 is 5.97 Å². The van der Waals surface area contributed by atoms with Crippen LogP contribution in [0.1, 0.15) is 6.92 Å². The van der Waals surface area contributed by atoms with Gasteiger partial charge in [0.15, 0.2) is 0 Å². The van der Waals surface area contributed by atoms with Crippen molar-refractivity contribution in [2.45, 2.75) is 11.8 Å². The van der Waals surface area contributed by atoms with Crippen LogP contribution in [-0.2, 0) is 19.6 Å². The van der Waals surface area contributed by atoms with Gasteiger partial charge in [-0.05, 0) is 49.4 Å². The highest BCUT2D eigenvalue weighted by atomic mass is 35.5. The summed E-state index contributed by atoms with van der Waals surface area (Å²) >= 11 is 11.9. The second-order valence-corrected chi connectivity index (χ2v) is 7.80. The van der Waals surface area contributed by atoms with Crippen LogP contribution < -0.4 is 9.04 Å². The van der Waals surface area contributed by atoms with Gasteiger partial charge in [-0.2, -0.15) is 0 Å². The molecular weight excluding hydrogens is 401 g/mol. The van der Waals surface area contributed by atoms with Gasteiger partial charge in [0.2, 0.25) is 0 Å². The highest BCUT2D eigenvalue weighted by Crippen LogP contribution is 2.32. The van der Waals surface area contributed by atoms with E-state index in [9.17, 15) is 13.2 Å². The zero-order valence-corrected chi connectivity index (χ0v) is 16.4. The second kappa shape index (κ2) is 8.62. The van der Waals surface area contributed by atoms with Crippen molar-refractivity contribution in [2.24, 2.45) is 0 Å². The third kappa shape index (κ3) is 4.60. The molecule has 0 aliphatic carbocycles. The molecule has 0 aliphatic heterocycles. The van der Waals surface area contributed by atoms with Crippen molar-refractivity contribution in [1.82, 2.24) is 0 Å². The Morgan fingerprint density at radius 3 is 2.31 bits per heavy atom. The van der Waals surface area contributed by atoms with Crippen LogP contribution in [0.2, 0.25) is 10.0 Å². The van der Waals surface area contributed by atoms with Gasteiger partial charge in [0.25, 0.3) is 10.0 Å². The molecule has 0 radical (unpaired) electrons. The van der Waals surface area contributed by atoms with Crippen molar-refractivity contribution in [2.75, 3.05) is 24.6 Å². The lowest BCUT2D eigenvalue weighted by atomic mass is 10.3.